The summed E-state index contributed by atoms with van der Waals surface area (Å²) < 4.78 is 7.49. The minimum Gasteiger partial charge on any atom is -0.367 e. The SMILES string of the molecule is Cc1cc2nc(SCCN3CCOC(C)C3=O)n(C)c2cc1C.Cl. The summed E-state index contributed by atoms with van der Waals surface area (Å²) in [5.41, 5.74) is 4.74. The molecule has 2 heterocycles. The van der Waals surface area contributed by atoms with Gasteiger partial charge in [-0.05, 0) is 44.0 Å². The lowest BCUT2D eigenvalue weighted by Crippen LogP contribution is -2.47. The standard InChI is InChI=1S/C17H23N3O2S.ClH/c1-11-9-14-15(10-12(11)2)19(4)17(18-14)23-8-6-20-5-7-22-13(3)16(20)21;/h9-10,13H,5-8H2,1-4H3;1H. The molecule has 0 bridgehead atoms. The van der Waals surface area contributed by atoms with Gasteiger partial charge in [0, 0.05) is 25.9 Å². The van der Waals surface area contributed by atoms with Crippen LogP contribution in [0.1, 0.15) is 18.1 Å². The van der Waals surface area contributed by atoms with Crippen LogP contribution in [0.2, 0.25) is 0 Å². The van der Waals surface area contributed by atoms with Gasteiger partial charge in [0.25, 0.3) is 5.91 Å². The molecule has 0 spiro atoms. The van der Waals surface area contributed by atoms with Gasteiger partial charge in [0.2, 0.25) is 0 Å². The maximum atomic E-state index is 12.0. The van der Waals surface area contributed by atoms with E-state index < -0.39 is 0 Å². The van der Waals surface area contributed by atoms with Gasteiger partial charge in [-0.1, -0.05) is 11.8 Å². The molecule has 1 saturated heterocycles. The molecule has 0 aliphatic carbocycles. The number of fused-ring (bicyclic) bond motifs is 1. The van der Waals surface area contributed by atoms with Crippen molar-refractivity contribution in [3.05, 3.63) is 23.3 Å². The minimum absolute atomic E-state index is 0. The minimum atomic E-state index is -0.310. The molecule has 0 radical (unpaired) electrons. The van der Waals surface area contributed by atoms with Crippen LogP contribution < -0.4 is 0 Å². The van der Waals surface area contributed by atoms with Crippen molar-refractivity contribution in [2.24, 2.45) is 7.05 Å². The van der Waals surface area contributed by atoms with Gasteiger partial charge in [-0.2, -0.15) is 0 Å². The molecule has 1 aromatic carbocycles. The largest absolute Gasteiger partial charge is 0.367 e. The molecule has 1 unspecified atom stereocenters. The molecule has 0 N–H and O–H groups in total. The van der Waals surface area contributed by atoms with E-state index in [0.717, 1.165) is 28.5 Å². The summed E-state index contributed by atoms with van der Waals surface area (Å²) in [5, 5.41) is 0.999. The van der Waals surface area contributed by atoms with Gasteiger partial charge >= 0.3 is 0 Å². The average molecular weight is 370 g/mol. The second-order valence-corrected chi connectivity index (χ2v) is 7.13. The molecule has 0 saturated carbocycles. The van der Waals surface area contributed by atoms with Crippen LogP contribution >= 0.6 is 24.2 Å². The summed E-state index contributed by atoms with van der Waals surface area (Å²) in [6.45, 7) is 8.10. The quantitative estimate of drug-likeness (QED) is 0.777. The van der Waals surface area contributed by atoms with E-state index in [1.807, 2.05) is 11.8 Å². The maximum absolute atomic E-state index is 12.0. The van der Waals surface area contributed by atoms with Crippen molar-refractivity contribution < 1.29 is 9.53 Å². The number of ether oxygens (including phenoxy) is 1. The summed E-state index contributed by atoms with van der Waals surface area (Å²) in [5.74, 6) is 0.932. The van der Waals surface area contributed by atoms with Gasteiger partial charge in [-0.25, -0.2) is 4.98 Å². The molecule has 1 aliphatic rings. The molecule has 7 heteroatoms. The Morgan fingerprint density at radius 1 is 1.33 bits per heavy atom. The first-order valence-corrected chi connectivity index (χ1v) is 8.93. The Labute approximate surface area is 153 Å². The van der Waals surface area contributed by atoms with Crippen molar-refractivity contribution >= 4 is 41.1 Å². The Hall–Kier alpha value is -1.24. The Balaban J connectivity index is 0.00000208. The summed E-state index contributed by atoms with van der Waals surface area (Å²) >= 11 is 1.70. The van der Waals surface area contributed by atoms with Crippen molar-refractivity contribution in [2.75, 3.05) is 25.4 Å². The van der Waals surface area contributed by atoms with E-state index in [0.29, 0.717) is 13.2 Å². The Morgan fingerprint density at radius 3 is 2.79 bits per heavy atom. The van der Waals surface area contributed by atoms with Gasteiger partial charge in [-0.3, -0.25) is 4.79 Å². The van der Waals surface area contributed by atoms with Crippen LogP contribution in [0.25, 0.3) is 11.0 Å². The van der Waals surface area contributed by atoms with E-state index in [-0.39, 0.29) is 24.4 Å². The maximum Gasteiger partial charge on any atom is 0.251 e. The van der Waals surface area contributed by atoms with Gasteiger partial charge in [0.05, 0.1) is 17.6 Å². The zero-order valence-corrected chi connectivity index (χ0v) is 16.2. The number of imidazole rings is 1. The molecule has 3 rings (SSSR count). The average Bonchev–Trinajstić information content (AvgIpc) is 2.80. The monoisotopic (exact) mass is 369 g/mol. The lowest BCUT2D eigenvalue weighted by Gasteiger charge is -2.30. The Bertz CT molecular complexity index is 747. The number of aryl methyl sites for hydroxylation is 3. The second kappa shape index (κ2) is 7.76. The second-order valence-electron chi connectivity index (χ2n) is 6.07. The molecule has 2 aromatic rings. The van der Waals surface area contributed by atoms with Crippen LogP contribution in [0.3, 0.4) is 0 Å². The first-order chi connectivity index (χ1) is 11.0. The lowest BCUT2D eigenvalue weighted by molar-refractivity contribution is -0.150. The highest BCUT2D eigenvalue weighted by Crippen LogP contribution is 2.25. The number of aromatic nitrogens is 2. The van der Waals surface area contributed by atoms with E-state index in [9.17, 15) is 4.79 Å². The highest BCUT2D eigenvalue weighted by atomic mass is 35.5. The van der Waals surface area contributed by atoms with Crippen molar-refractivity contribution in [3.8, 4) is 0 Å². The van der Waals surface area contributed by atoms with Crippen molar-refractivity contribution in [3.63, 3.8) is 0 Å². The normalized spacial score (nSPS) is 18.1. The van der Waals surface area contributed by atoms with Crippen LogP contribution in [-0.2, 0) is 16.6 Å². The number of nitrogens with zero attached hydrogens (tertiary/aromatic N) is 3. The van der Waals surface area contributed by atoms with E-state index in [1.165, 1.54) is 11.1 Å². The van der Waals surface area contributed by atoms with Gasteiger partial charge in [0.1, 0.15) is 6.10 Å². The zero-order valence-electron chi connectivity index (χ0n) is 14.5. The fourth-order valence-electron chi connectivity index (χ4n) is 2.80. The molecule has 24 heavy (non-hydrogen) atoms. The molecule has 1 amide bonds. The zero-order chi connectivity index (χ0) is 16.6. The fraction of sp³-hybridized carbons (Fsp3) is 0.529. The van der Waals surface area contributed by atoms with Gasteiger partial charge < -0.3 is 14.2 Å². The molecule has 5 nitrogen and oxygen atoms in total. The van der Waals surface area contributed by atoms with Crippen LogP contribution in [0.4, 0.5) is 0 Å². The predicted molar refractivity (Wildman–Crippen MR) is 100 cm³/mol. The molecule has 132 valence electrons. The Morgan fingerprint density at radius 2 is 2.04 bits per heavy atom. The van der Waals surface area contributed by atoms with Gasteiger partial charge in [-0.15, -0.1) is 12.4 Å². The predicted octanol–water partition coefficient (Wildman–Crippen LogP) is 2.95. The van der Waals surface area contributed by atoms with Crippen molar-refractivity contribution in [2.45, 2.75) is 32.0 Å². The van der Waals surface area contributed by atoms with Gasteiger partial charge in [0.15, 0.2) is 5.16 Å². The van der Waals surface area contributed by atoms with E-state index in [1.54, 1.807) is 11.8 Å². The van der Waals surface area contributed by atoms with Crippen LogP contribution in [0.5, 0.6) is 0 Å². The third-order valence-electron chi connectivity index (χ3n) is 4.44. The fourth-order valence-corrected chi connectivity index (χ4v) is 3.75. The van der Waals surface area contributed by atoms with Crippen molar-refractivity contribution in [1.82, 2.24) is 14.5 Å². The summed E-state index contributed by atoms with van der Waals surface area (Å²) in [7, 11) is 2.05. The molecule has 1 fully saturated rings. The summed E-state index contributed by atoms with van der Waals surface area (Å²) in [6, 6.07) is 4.33. The highest BCUT2D eigenvalue weighted by Gasteiger charge is 2.25. The Kier molecular flexibility index (Phi) is 6.17. The van der Waals surface area contributed by atoms with E-state index in [2.05, 4.69) is 37.6 Å². The third-order valence-corrected chi connectivity index (χ3v) is 5.45. The number of amides is 1. The number of carbonyl (C=O) groups excluding carboxylic acids is 1. The number of hydrogen-bond acceptors (Lipinski definition) is 4. The topological polar surface area (TPSA) is 47.4 Å². The number of rotatable bonds is 4. The van der Waals surface area contributed by atoms with Crippen LogP contribution in [0.15, 0.2) is 17.3 Å². The number of benzene rings is 1. The molecular weight excluding hydrogens is 346 g/mol. The van der Waals surface area contributed by atoms with E-state index >= 15 is 0 Å². The number of morpholine rings is 1. The molecule has 1 aromatic heterocycles. The van der Waals surface area contributed by atoms with Crippen LogP contribution in [0, 0.1) is 13.8 Å². The lowest BCUT2D eigenvalue weighted by atomic mass is 10.1. The number of hydrogen-bond donors (Lipinski definition) is 0. The summed E-state index contributed by atoms with van der Waals surface area (Å²) in [4.78, 5) is 18.6. The smallest absolute Gasteiger partial charge is 0.251 e. The third kappa shape index (κ3) is 3.71. The number of thioether (sulfide) groups is 1. The number of halogens is 1. The molecular formula is C17H24ClN3O2S. The highest BCUT2D eigenvalue weighted by molar-refractivity contribution is 7.99. The summed E-state index contributed by atoms with van der Waals surface area (Å²) in [6.07, 6.45) is -0.310. The first-order valence-electron chi connectivity index (χ1n) is 7.94. The number of carbonyl (C=O) groups is 1. The molecule has 1 atom stereocenters. The molecule has 1 aliphatic heterocycles. The van der Waals surface area contributed by atoms with E-state index in [4.69, 9.17) is 9.72 Å². The van der Waals surface area contributed by atoms with Crippen molar-refractivity contribution in [1.29, 1.82) is 0 Å². The van der Waals surface area contributed by atoms with Crippen LogP contribution in [-0.4, -0.2) is 51.9 Å². The first kappa shape index (κ1) is 19.1.